The number of hydrogen-bond donors (Lipinski definition) is 0. The van der Waals surface area contributed by atoms with E-state index < -0.39 is 0 Å². The Morgan fingerprint density at radius 3 is 1.38 bits per heavy atom. The summed E-state index contributed by atoms with van der Waals surface area (Å²) < 4.78 is 0. The van der Waals surface area contributed by atoms with Crippen molar-refractivity contribution in [2.75, 3.05) is 0 Å². The molecule has 0 aromatic rings. The minimum Gasteiger partial charge on any atom is -0.0967 e. The van der Waals surface area contributed by atoms with Crippen molar-refractivity contribution in [3.8, 4) is 0 Å². The predicted molar refractivity (Wildman–Crippen MR) is 64.8 cm³/mol. The number of hydrogen-bond acceptors (Lipinski definition) is 0. The quantitative estimate of drug-likeness (QED) is 0.518. The molecule has 0 aromatic heterocycles. The third kappa shape index (κ3) is 4.05. The van der Waals surface area contributed by atoms with Gasteiger partial charge in [0.1, 0.15) is 0 Å². The second-order valence-corrected chi connectivity index (χ2v) is 8.22. The van der Waals surface area contributed by atoms with E-state index in [0.29, 0.717) is 5.41 Å². The van der Waals surface area contributed by atoms with E-state index in [1.54, 1.807) is 5.28 Å². The molecule has 0 nitrogen and oxygen atoms in total. The van der Waals surface area contributed by atoms with Gasteiger partial charge in [0.05, 0.1) is 0 Å². The summed E-state index contributed by atoms with van der Waals surface area (Å²) in [6.45, 7) is 11.9. The molecule has 13 heavy (non-hydrogen) atoms. The highest BCUT2D eigenvalue weighted by atomic mass is 27.2. The topological polar surface area (TPSA) is 0 Å². The third-order valence-corrected chi connectivity index (χ3v) is 7.88. The Labute approximate surface area is 89.5 Å². The Morgan fingerprint density at radius 1 is 0.769 bits per heavy atom. The molecular weight excluding hydrogens is 171 g/mol. The Balaban J connectivity index is 4.21. The van der Waals surface area contributed by atoms with E-state index in [2.05, 4.69) is 34.6 Å². The zero-order valence-corrected chi connectivity index (χ0v) is 11.5. The van der Waals surface area contributed by atoms with Crippen LogP contribution in [0.2, 0.25) is 15.8 Å². The predicted octanol–water partition coefficient (Wildman–Crippen LogP) is 4.74. The number of rotatable bonds is 7. The van der Waals surface area contributed by atoms with Gasteiger partial charge in [-0.25, -0.2) is 0 Å². The van der Waals surface area contributed by atoms with Crippen LogP contribution in [-0.2, 0) is 0 Å². The van der Waals surface area contributed by atoms with Crippen molar-refractivity contribution in [2.24, 2.45) is 5.41 Å². The van der Waals surface area contributed by atoms with Gasteiger partial charge < -0.3 is 0 Å². The maximum absolute atomic E-state index is 2.39. The second kappa shape index (κ2) is 6.91. The zero-order valence-electron chi connectivity index (χ0n) is 10.3. The lowest BCUT2D eigenvalue weighted by atomic mass is 9.82. The van der Waals surface area contributed by atoms with Gasteiger partial charge >= 0.3 is 0 Å². The highest BCUT2D eigenvalue weighted by Gasteiger charge is 2.28. The Bertz CT molecular complexity index is 104. The molecule has 0 bridgehead atoms. The lowest BCUT2D eigenvalue weighted by Gasteiger charge is -2.32. The molecule has 0 rings (SSSR count). The maximum atomic E-state index is 2.39. The van der Waals surface area contributed by atoms with Gasteiger partial charge in [0.25, 0.3) is 14.1 Å². The monoisotopic (exact) mass is 198 g/mol. The molecule has 0 aliphatic heterocycles. The molecule has 0 aliphatic carbocycles. The van der Waals surface area contributed by atoms with Crippen molar-refractivity contribution in [1.82, 2.24) is 0 Å². The summed E-state index contributed by atoms with van der Waals surface area (Å²) in [5, 5.41) is 4.58. The molecule has 0 aliphatic rings. The van der Waals surface area contributed by atoms with Crippen LogP contribution in [0.4, 0.5) is 0 Å². The van der Waals surface area contributed by atoms with Gasteiger partial charge in [0.15, 0.2) is 0 Å². The van der Waals surface area contributed by atoms with Crippen LogP contribution >= 0.6 is 0 Å². The van der Waals surface area contributed by atoms with E-state index in [9.17, 15) is 0 Å². The first-order valence-electron chi connectivity index (χ1n) is 6.17. The fourth-order valence-corrected chi connectivity index (χ4v) is 5.62. The Morgan fingerprint density at radius 2 is 1.15 bits per heavy atom. The van der Waals surface area contributed by atoms with Gasteiger partial charge in [-0.1, -0.05) is 69.7 Å². The van der Waals surface area contributed by atoms with Crippen LogP contribution in [0.15, 0.2) is 0 Å². The minimum atomic E-state index is -0.370. The molecule has 0 aromatic carbocycles. The average molecular weight is 198 g/mol. The van der Waals surface area contributed by atoms with Gasteiger partial charge in [-0.2, -0.15) is 0 Å². The van der Waals surface area contributed by atoms with Crippen LogP contribution in [0.1, 0.15) is 53.9 Å². The van der Waals surface area contributed by atoms with E-state index in [-0.39, 0.29) is 14.1 Å². The van der Waals surface area contributed by atoms with E-state index >= 15 is 0 Å². The standard InChI is InChI=1S/C8H17.2C2H5.Al/c1-5-8(4,6-2)7-3;2*1-2;/h4-7H2,1-3H3;2*1H2,2H3;. The summed E-state index contributed by atoms with van der Waals surface area (Å²) in [5.74, 6) is 0. The van der Waals surface area contributed by atoms with Crippen LogP contribution < -0.4 is 0 Å². The molecule has 0 fully saturated rings. The van der Waals surface area contributed by atoms with E-state index in [4.69, 9.17) is 0 Å². The van der Waals surface area contributed by atoms with Crippen LogP contribution in [0.25, 0.3) is 0 Å². The summed E-state index contributed by atoms with van der Waals surface area (Å²) in [7, 11) is 0. The SMILES string of the molecule is C[CH2][Al]([CH2]C)[CH2]C(CC)(CC)CC. The zero-order chi connectivity index (χ0) is 10.3. The van der Waals surface area contributed by atoms with E-state index in [1.807, 2.05) is 0 Å². The van der Waals surface area contributed by atoms with Gasteiger partial charge in [-0.05, 0) is 5.41 Å². The molecule has 0 spiro atoms. The Hall–Kier alpha value is 0.532. The van der Waals surface area contributed by atoms with E-state index in [0.717, 1.165) is 0 Å². The van der Waals surface area contributed by atoms with Gasteiger partial charge in [0, 0.05) is 0 Å². The first-order chi connectivity index (χ1) is 6.17. The van der Waals surface area contributed by atoms with Crippen LogP contribution in [-0.4, -0.2) is 14.1 Å². The van der Waals surface area contributed by atoms with Crippen molar-refractivity contribution in [1.29, 1.82) is 0 Å². The first-order valence-corrected chi connectivity index (χ1v) is 8.62. The average Bonchev–Trinajstić information content (AvgIpc) is 2.21. The fourth-order valence-electron chi connectivity index (χ4n) is 2.37. The summed E-state index contributed by atoms with van der Waals surface area (Å²) in [6.07, 6.45) is 4.18. The van der Waals surface area contributed by atoms with Gasteiger partial charge in [0.2, 0.25) is 0 Å². The van der Waals surface area contributed by atoms with Crippen molar-refractivity contribution >= 4 is 14.1 Å². The Kier molecular flexibility index (Phi) is 7.19. The first kappa shape index (κ1) is 13.5. The highest BCUT2D eigenvalue weighted by Crippen LogP contribution is 2.37. The lowest BCUT2D eigenvalue weighted by Crippen LogP contribution is -2.25. The van der Waals surface area contributed by atoms with Crippen molar-refractivity contribution in [3.05, 3.63) is 0 Å². The third-order valence-electron chi connectivity index (χ3n) is 4.13. The second-order valence-electron chi connectivity index (χ2n) is 4.45. The molecule has 0 heterocycles. The molecule has 1 heteroatoms. The van der Waals surface area contributed by atoms with Crippen LogP contribution in [0.5, 0.6) is 0 Å². The van der Waals surface area contributed by atoms with Crippen molar-refractivity contribution < 1.29 is 0 Å². The minimum absolute atomic E-state index is 0.370. The molecule has 0 radical (unpaired) electrons. The summed E-state index contributed by atoms with van der Waals surface area (Å²) in [5.41, 5.74) is 0.711. The molecule has 0 atom stereocenters. The van der Waals surface area contributed by atoms with E-state index in [1.165, 1.54) is 29.8 Å². The van der Waals surface area contributed by atoms with Crippen molar-refractivity contribution in [2.45, 2.75) is 69.7 Å². The van der Waals surface area contributed by atoms with Crippen molar-refractivity contribution in [3.63, 3.8) is 0 Å². The van der Waals surface area contributed by atoms with Gasteiger partial charge in [-0.3, -0.25) is 0 Å². The molecule has 0 unspecified atom stereocenters. The molecule has 78 valence electrons. The fraction of sp³-hybridized carbons (Fsp3) is 1.00. The summed E-state index contributed by atoms with van der Waals surface area (Å²) >= 11 is -0.370. The summed E-state index contributed by atoms with van der Waals surface area (Å²) in [4.78, 5) is 0. The smallest absolute Gasteiger partial charge is 0.0967 e. The van der Waals surface area contributed by atoms with Crippen LogP contribution in [0, 0.1) is 5.41 Å². The van der Waals surface area contributed by atoms with Crippen LogP contribution in [0.3, 0.4) is 0 Å². The molecule has 0 amide bonds. The maximum Gasteiger partial charge on any atom is 0.261 e. The molecule has 0 N–H and O–H groups in total. The van der Waals surface area contributed by atoms with Gasteiger partial charge in [-0.15, -0.1) is 0 Å². The largest absolute Gasteiger partial charge is 0.261 e. The normalized spacial score (nSPS) is 11.8. The molecule has 0 saturated carbocycles. The molecule has 0 saturated heterocycles. The summed E-state index contributed by atoms with van der Waals surface area (Å²) in [6, 6.07) is 0. The lowest BCUT2D eigenvalue weighted by molar-refractivity contribution is 0.283. The molecular formula is C12H27Al. The highest BCUT2D eigenvalue weighted by molar-refractivity contribution is 6.58.